The number of carbonyl (C=O) groups excluding carboxylic acids is 4. The van der Waals surface area contributed by atoms with E-state index < -0.39 is 23.8 Å². The summed E-state index contributed by atoms with van der Waals surface area (Å²) in [6.07, 6.45) is 5.10. The molecule has 11 nitrogen and oxygen atoms in total. The number of hydrogen-bond acceptors (Lipinski definition) is 8. The van der Waals surface area contributed by atoms with Crippen molar-refractivity contribution >= 4 is 52.4 Å². The van der Waals surface area contributed by atoms with Crippen molar-refractivity contribution in [1.82, 2.24) is 30.4 Å². The lowest BCUT2D eigenvalue weighted by molar-refractivity contribution is -0.136. The van der Waals surface area contributed by atoms with Crippen LogP contribution in [-0.4, -0.2) is 82.7 Å². The number of pyridine rings is 1. The minimum absolute atomic E-state index is 0.000205. The van der Waals surface area contributed by atoms with Crippen LogP contribution in [0.15, 0.2) is 18.3 Å². The van der Waals surface area contributed by atoms with Gasteiger partial charge in [-0.25, -0.2) is 9.97 Å². The van der Waals surface area contributed by atoms with Crippen LogP contribution < -0.4 is 16.0 Å². The highest BCUT2D eigenvalue weighted by molar-refractivity contribution is 7.13. The molecule has 0 bridgehead atoms. The van der Waals surface area contributed by atoms with Gasteiger partial charge in [0.15, 0.2) is 5.01 Å². The molecule has 1 atom stereocenters. The zero-order valence-corrected chi connectivity index (χ0v) is 22.2. The molecule has 4 rings (SSSR count). The van der Waals surface area contributed by atoms with Crippen molar-refractivity contribution in [2.75, 3.05) is 38.5 Å². The first-order valence-electron chi connectivity index (χ1n) is 12.2. The largest absolute Gasteiger partial charge is 0.346 e. The first kappa shape index (κ1) is 27.0. The van der Waals surface area contributed by atoms with Gasteiger partial charge in [0.05, 0.1) is 16.8 Å². The summed E-state index contributed by atoms with van der Waals surface area (Å²) >= 11 is 7.13. The zero-order valence-electron chi connectivity index (χ0n) is 20.6. The monoisotopic (exact) mass is 547 g/mol. The number of carbonyl (C=O) groups is 4. The minimum Gasteiger partial charge on any atom is -0.346 e. The third-order valence-corrected chi connectivity index (χ3v) is 7.57. The maximum Gasteiger partial charge on any atom is 0.314 e. The molecule has 1 fully saturated rings. The molecular formula is C24H30ClN7O4S. The predicted octanol–water partition coefficient (Wildman–Crippen LogP) is 1.44. The Balaban J connectivity index is 1.39. The van der Waals surface area contributed by atoms with Gasteiger partial charge in [-0.3, -0.25) is 19.2 Å². The summed E-state index contributed by atoms with van der Waals surface area (Å²) in [6.45, 7) is 2.87. The second kappa shape index (κ2) is 12.4. The number of likely N-dealkylation sites (tertiary alicyclic amines) is 1. The van der Waals surface area contributed by atoms with Crippen LogP contribution in [0.4, 0.5) is 5.82 Å². The highest BCUT2D eigenvalue weighted by Gasteiger charge is 2.27. The number of rotatable bonds is 7. The van der Waals surface area contributed by atoms with E-state index in [4.69, 9.17) is 11.6 Å². The predicted molar refractivity (Wildman–Crippen MR) is 139 cm³/mol. The molecule has 0 spiro atoms. The topological polar surface area (TPSA) is 137 Å². The van der Waals surface area contributed by atoms with Crippen molar-refractivity contribution in [1.29, 1.82) is 0 Å². The lowest BCUT2D eigenvalue weighted by atomic mass is 10.1. The fraction of sp³-hybridized carbons (Fsp3) is 0.500. The standard InChI is InChI=1S/C24H30ClN7O4S/c1-31-10-7-17-18(14-31)37-24(29-17)23(36)28-16(11-20(33)32-8-3-2-4-9-32)13-27-21(34)22(35)30-19-6-5-15(25)12-26-19/h5-6,12,16H,2-4,7-11,13-14H2,1H3,(H,27,34)(H,28,36)(H,26,30,35). The number of hydrogen-bond donors (Lipinski definition) is 3. The number of amides is 4. The second-order valence-electron chi connectivity index (χ2n) is 9.22. The van der Waals surface area contributed by atoms with Gasteiger partial charge in [0, 0.05) is 56.6 Å². The normalized spacial score (nSPS) is 16.4. The Morgan fingerprint density at radius 3 is 2.62 bits per heavy atom. The van der Waals surface area contributed by atoms with Gasteiger partial charge in [-0.05, 0) is 38.4 Å². The van der Waals surface area contributed by atoms with Gasteiger partial charge in [-0.2, -0.15) is 0 Å². The molecule has 198 valence electrons. The van der Waals surface area contributed by atoms with Gasteiger partial charge in [-0.15, -0.1) is 11.3 Å². The summed E-state index contributed by atoms with van der Waals surface area (Å²) in [5, 5.41) is 8.48. The molecule has 0 radical (unpaired) electrons. The number of likely N-dealkylation sites (N-methyl/N-ethyl adjacent to an activating group) is 1. The fourth-order valence-corrected chi connectivity index (χ4v) is 5.45. The summed E-state index contributed by atoms with van der Waals surface area (Å²) in [6, 6.07) is 2.30. The van der Waals surface area contributed by atoms with Crippen molar-refractivity contribution in [2.24, 2.45) is 0 Å². The van der Waals surface area contributed by atoms with Gasteiger partial charge >= 0.3 is 11.8 Å². The molecule has 2 aromatic heterocycles. The number of fused-ring (bicyclic) bond motifs is 1. The van der Waals surface area contributed by atoms with E-state index in [1.54, 1.807) is 4.90 Å². The first-order chi connectivity index (χ1) is 17.8. The number of anilines is 1. The smallest absolute Gasteiger partial charge is 0.314 e. The number of aromatic nitrogens is 2. The van der Waals surface area contributed by atoms with Crippen LogP contribution in [0, 0.1) is 0 Å². The van der Waals surface area contributed by atoms with E-state index >= 15 is 0 Å². The molecule has 2 aliphatic heterocycles. The van der Waals surface area contributed by atoms with Crippen LogP contribution in [0.1, 0.15) is 46.1 Å². The molecule has 0 aromatic carbocycles. The van der Waals surface area contributed by atoms with Gasteiger partial charge in [-0.1, -0.05) is 11.6 Å². The number of halogens is 1. The third kappa shape index (κ3) is 7.46. The van der Waals surface area contributed by atoms with Crippen LogP contribution in [0.25, 0.3) is 0 Å². The molecular weight excluding hydrogens is 518 g/mol. The Bertz CT molecular complexity index is 1150. The molecule has 0 aliphatic carbocycles. The number of thiazole rings is 1. The lowest BCUT2D eigenvalue weighted by Crippen LogP contribution is -2.49. The molecule has 1 saturated heterocycles. The summed E-state index contributed by atoms with van der Waals surface area (Å²) in [5.41, 5.74) is 0.926. The Morgan fingerprint density at radius 2 is 1.89 bits per heavy atom. The minimum atomic E-state index is -0.918. The van der Waals surface area contributed by atoms with E-state index in [0.717, 1.165) is 49.3 Å². The molecule has 1 unspecified atom stereocenters. The highest BCUT2D eigenvalue weighted by Crippen LogP contribution is 2.24. The average molecular weight is 548 g/mol. The second-order valence-corrected chi connectivity index (χ2v) is 10.7. The molecule has 4 heterocycles. The van der Waals surface area contributed by atoms with E-state index in [9.17, 15) is 19.2 Å². The van der Waals surface area contributed by atoms with Crippen molar-refractivity contribution in [2.45, 2.75) is 44.7 Å². The zero-order chi connectivity index (χ0) is 26.4. The van der Waals surface area contributed by atoms with Gasteiger partial charge < -0.3 is 25.8 Å². The van der Waals surface area contributed by atoms with Crippen LogP contribution in [0.3, 0.4) is 0 Å². The maximum atomic E-state index is 13.0. The fourth-order valence-electron chi connectivity index (χ4n) is 4.24. The summed E-state index contributed by atoms with van der Waals surface area (Å²) < 4.78 is 0. The van der Waals surface area contributed by atoms with Crippen molar-refractivity contribution in [3.63, 3.8) is 0 Å². The van der Waals surface area contributed by atoms with E-state index in [1.165, 1.54) is 29.7 Å². The van der Waals surface area contributed by atoms with E-state index in [0.29, 0.717) is 23.1 Å². The van der Waals surface area contributed by atoms with E-state index in [2.05, 4.69) is 30.8 Å². The van der Waals surface area contributed by atoms with Gasteiger partial charge in [0.25, 0.3) is 5.91 Å². The SMILES string of the molecule is CN1CCc2nc(C(=O)NC(CNC(=O)C(=O)Nc3ccc(Cl)cn3)CC(=O)N3CCCCC3)sc2C1. The van der Waals surface area contributed by atoms with Crippen LogP contribution >= 0.6 is 22.9 Å². The van der Waals surface area contributed by atoms with Crippen molar-refractivity contribution < 1.29 is 19.2 Å². The molecule has 3 N–H and O–H groups in total. The Hall–Kier alpha value is -3.09. The van der Waals surface area contributed by atoms with Gasteiger partial charge in [0.2, 0.25) is 5.91 Å². The number of nitrogens with zero attached hydrogens (tertiary/aromatic N) is 4. The average Bonchev–Trinajstić information content (AvgIpc) is 3.32. The summed E-state index contributed by atoms with van der Waals surface area (Å²) in [4.78, 5) is 64.1. The Kier molecular flexibility index (Phi) is 9.06. The number of piperidine rings is 1. The Morgan fingerprint density at radius 1 is 1.11 bits per heavy atom. The van der Waals surface area contributed by atoms with Crippen molar-refractivity contribution in [3.05, 3.63) is 38.9 Å². The maximum absolute atomic E-state index is 13.0. The van der Waals surface area contributed by atoms with E-state index in [-0.39, 0.29) is 24.7 Å². The highest BCUT2D eigenvalue weighted by atomic mass is 35.5. The molecule has 37 heavy (non-hydrogen) atoms. The first-order valence-corrected chi connectivity index (χ1v) is 13.4. The quantitative estimate of drug-likeness (QED) is 0.446. The lowest BCUT2D eigenvalue weighted by Gasteiger charge is -2.28. The van der Waals surface area contributed by atoms with Crippen LogP contribution in [0.2, 0.25) is 5.02 Å². The molecule has 4 amide bonds. The Labute approximate surface area is 224 Å². The molecule has 0 saturated carbocycles. The summed E-state index contributed by atoms with van der Waals surface area (Å²) in [5.74, 6) is -2.15. The van der Waals surface area contributed by atoms with Crippen molar-refractivity contribution in [3.8, 4) is 0 Å². The van der Waals surface area contributed by atoms with Crippen LogP contribution in [0.5, 0.6) is 0 Å². The third-order valence-electron chi connectivity index (χ3n) is 6.27. The molecule has 2 aromatic rings. The van der Waals surface area contributed by atoms with Crippen LogP contribution in [-0.2, 0) is 27.3 Å². The number of nitrogens with one attached hydrogen (secondary N) is 3. The van der Waals surface area contributed by atoms with Gasteiger partial charge in [0.1, 0.15) is 5.82 Å². The van der Waals surface area contributed by atoms with E-state index in [1.807, 2.05) is 7.05 Å². The molecule has 2 aliphatic rings. The molecule has 13 heteroatoms. The summed E-state index contributed by atoms with van der Waals surface area (Å²) in [7, 11) is 2.02.